The molecule has 0 aliphatic heterocycles. The third-order valence-corrected chi connectivity index (χ3v) is 1.65. The van der Waals surface area contributed by atoms with Crippen LogP contribution in [0.3, 0.4) is 0 Å². The summed E-state index contributed by atoms with van der Waals surface area (Å²) in [5.41, 5.74) is 0. The fraction of sp³-hybridized carbons (Fsp3) is 0.800. The van der Waals surface area contributed by atoms with E-state index in [0.717, 1.165) is 0 Å². The second-order valence-electron chi connectivity index (χ2n) is 3.67. The van der Waals surface area contributed by atoms with Crippen molar-refractivity contribution in [2.75, 3.05) is 33.4 Å². The Morgan fingerprint density at radius 2 is 1.81 bits per heavy atom. The molecule has 0 aliphatic rings. The molecular weight excluding hydrogens is 210 g/mol. The lowest BCUT2D eigenvalue weighted by atomic mass is 10.4. The summed E-state index contributed by atoms with van der Waals surface area (Å²) in [5, 5.41) is 8.11. The lowest BCUT2D eigenvalue weighted by Crippen LogP contribution is -2.42. The van der Waals surface area contributed by atoms with Crippen LogP contribution in [0.25, 0.3) is 0 Å². The summed E-state index contributed by atoms with van der Waals surface area (Å²) >= 11 is 0. The Morgan fingerprint density at radius 3 is 2.38 bits per heavy atom. The van der Waals surface area contributed by atoms with Crippen LogP contribution in [-0.2, 0) is 14.3 Å². The van der Waals surface area contributed by atoms with E-state index in [9.17, 15) is 9.59 Å². The lowest BCUT2D eigenvalue weighted by Gasteiger charge is -2.09. The molecule has 0 rings (SSSR count). The van der Waals surface area contributed by atoms with Crippen molar-refractivity contribution in [3.8, 4) is 0 Å². The summed E-state index contributed by atoms with van der Waals surface area (Å²) in [4.78, 5) is 22.3. The van der Waals surface area contributed by atoms with E-state index in [-0.39, 0.29) is 30.9 Å². The molecule has 0 aromatic heterocycles. The average molecular weight is 231 g/mol. The number of carbonyl (C=O) groups is 2. The van der Waals surface area contributed by atoms with Gasteiger partial charge in [0, 0.05) is 19.7 Å². The molecule has 0 heterocycles. The first-order chi connectivity index (χ1) is 7.56. The number of nitrogens with one attached hydrogen (secondary N) is 3. The number of ether oxygens (including phenoxy) is 1. The van der Waals surface area contributed by atoms with E-state index in [4.69, 9.17) is 4.74 Å². The lowest BCUT2D eigenvalue weighted by molar-refractivity contribution is -0.121. The molecule has 0 radical (unpaired) electrons. The third kappa shape index (κ3) is 9.42. The molecule has 0 aromatic rings. The highest BCUT2D eigenvalue weighted by Gasteiger charge is 2.04. The zero-order valence-corrected chi connectivity index (χ0v) is 10.1. The first kappa shape index (κ1) is 14.9. The molecule has 0 fully saturated rings. The number of carbonyl (C=O) groups excluding carboxylic acids is 2. The zero-order chi connectivity index (χ0) is 12.4. The van der Waals surface area contributed by atoms with E-state index >= 15 is 0 Å². The number of hydrogen-bond acceptors (Lipinski definition) is 4. The summed E-state index contributed by atoms with van der Waals surface area (Å²) in [6.07, 6.45) is 0. The summed E-state index contributed by atoms with van der Waals surface area (Å²) in [5.74, 6) is -0.255. The fourth-order valence-electron chi connectivity index (χ4n) is 1.02. The predicted molar refractivity (Wildman–Crippen MR) is 61.0 cm³/mol. The van der Waals surface area contributed by atoms with Gasteiger partial charge in [-0.3, -0.25) is 14.9 Å². The molecule has 0 bridgehead atoms. The van der Waals surface area contributed by atoms with E-state index in [0.29, 0.717) is 13.2 Å². The quantitative estimate of drug-likeness (QED) is 0.462. The van der Waals surface area contributed by atoms with Crippen LogP contribution in [0.4, 0.5) is 0 Å². The SMILES string of the molecule is COCCNC(=O)CNCC(=O)NC(C)C. The molecule has 0 unspecified atom stereocenters. The van der Waals surface area contributed by atoms with Crippen molar-refractivity contribution in [1.29, 1.82) is 0 Å². The summed E-state index contributed by atoms with van der Waals surface area (Å²) in [6, 6.07) is 0.116. The Kier molecular flexibility index (Phi) is 8.46. The van der Waals surface area contributed by atoms with Gasteiger partial charge >= 0.3 is 0 Å². The molecule has 6 heteroatoms. The number of hydrogen-bond donors (Lipinski definition) is 3. The Morgan fingerprint density at radius 1 is 1.19 bits per heavy atom. The summed E-state index contributed by atoms with van der Waals surface area (Å²) in [7, 11) is 1.57. The van der Waals surface area contributed by atoms with Gasteiger partial charge in [-0.15, -0.1) is 0 Å². The van der Waals surface area contributed by atoms with Gasteiger partial charge in [-0.25, -0.2) is 0 Å². The molecule has 0 aliphatic carbocycles. The molecule has 0 saturated carbocycles. The van der Waals surface area contributed by atoms with Crippen LogP contribution in [0.1, 0.15) is 13.8 Å². The van der Waals surface area contributed by atoms with E-state index in [1.807, 2.05) is 13.8 Å². The van der Waals surface area contributed by atoms with E-state index in [2.05, 4.69) is 16.0 Å². The molecule has 94 valence electrons. The average Bonchev–Trinajstić information content (AvgIpc) is 2.17. The van der Waals surface area contributed by atoms with Gasteiger partial charge in [-0.05, 0) is 13.8 Å². The number of methoxy groups -OCH3 is 1. The first-order valence-corrected chi connectivity index (χ1v) is 5.32. The predicted octanol–water partition coefficient (Wildman–Crippen LogP) is -1.14. The van der Waals surface area contributed by atoms with E-state index in [1.165, 1.54) is 0 Å². The number of rotatable bonds is 8. The minimum atomic E-state index is -0.144. The van der Waals surface area contributed by atoms with Crippen LogP contribution < -0.4 is 16.0 Å². The third-order valence-electron chi connectivity index (χ3n) is 1.65. The molecule has 0 atom stereocenters. The fourth-order valence-corrected chi connectivity index (χ4v) is 1.02. The molecule has 6 nitrogen and oxygen atoms in total. The molecule has 3 N–H and O–H groups in total. The Hall–Kier alpha value is -1.14. The molecular formula is C10H21N3O3. The first-order valence-electron chi connectivity index (χ1n) is 5.32. The highest BCUT2D eigenvalue weighted by atomic mass is 16.5. The van der Waals surface area contributed by atoms with Gasteiger partial charge < -0.3 is 15.4 Å². The van der Waals surface area contributed by atoms with Crippen LogP contribution in [0, 0.1) is 0 Å². The highest BCUT2D eigenvalue weighted by molar-refractivity contribution is 5.81. The Bertz CT molecular complexity index is 219. The molecule has 16 heavy (non-hydrogen) atoms. The van der Waals surface area contributed by atoms with Gasteiger partial charge in [0.05, 0.1) is 19.7 Å². The minimum absolute atomic E-state index is 0.111. The van der Waals surface area contributed by atoms with Crippen LogP contribution in [-0.4, -0.2) is 51.2 Å². The second-order valence-corrected chi connectivity index (χ2v) is 3.67. The van der Waals surface area contributed by atoms with Gasteiger partial charge in [0.2, 0.25) is 11.8 Å². The van der Waals surface area contributed by atoms with Crippen molar-refractivity contribution in [3.05, 3.63) is 0 Å². The van der Waals surface area contributed by atoms with Crippen molar-refractivity contribution in [1.82, 2.24) is 16.0 Å². The van der Waals surface area contributed by atoms with Crippen molar-refractivity contribution in [2.24, 2.45) is 0 Å². The molecule has 0 aromatic carbocycles. The van der Waals surface area contributed by atoms with Crippen molar-refractivity contribution < 1.29 is 14.3 Å². The standard InChI is InChI=1S/C10H21N3O3/c1-8(2)13-10(15)7-11-6-9(14)12-4-5-16-3/h8,11H,4-7H2,1-3H3,(H,12,14)(H,13,15). The van der Waals surface area contributed by atoms with Gasteiger partial charge in [0.25, 0.3) is 0 Å². The zero-order valence-electron chi connectivity index (χ0n) is 10.1. The van der Waals surface area contributed by atoms with Gasteiger partial charge in [0.1, 0.15) is 0 Å². The van der Waals surface area contributed by atoms with Crippen LogP contribution in [0.2, 0.25) is 0 Å². The van der Waals surface area contributed by atoms with Crippen LogP contribution >= 0.6 is 0 Å². The highest BCUT2D eigenvalue weighted by Crippen LogP contribution is 1.75. The molecule has 2 amide bonds. The van der Waals surface area contributed by atoms with Crippen molar-refractivity contribution >= 4 is 11.8 Å². The van der Waals surface area contributed by atoms with Crippen LogP contribution in [0.15, 0.2) is 0 Å². The minimum Gasteiger partial charge on any atom is -0.383 e. The van der Waals surface area contributed by atoms with Crippen molar-refractivity contribution in [2.45, 2.75) is 19.9 Å². The maximum atomic E-state index is 11.2. The summed E-state index contributed by atoms with van der Waals surface area (Å²) < 4.78 is 4.78. The Labute approximate surface area is 96.1 Å². The summed E-state index contributed by atoms with van der Waals surface area (Å²) in [6.45, 7) is 5.02. The van der Waals surface area contributed by atoms with Crippen LogP contribution in [0.5, 0.6) is 0 Å². The topological polar surface area (TPSA) is 79.5 Å². The normalized spacial score (nSPS) is 10.2. The van der Waals surface area contributed by atoms with E-state index < -0.39 is 0 Å². The molecule has 0 spiro atoms. The molecule has 0 saturated heterocycles. The van der Waals surface area contributed by atoms with Gasteiger partial charge in [-0.2, -0.15) is 0 Å². The van der Waals surface area contributed by atoms with Gasteiger partial charge in [0.15, 0.2) is 0 Å². The van der Waals surface area contributed by atoms with E-state index in [1.54, 1.807) is 7.11 Å². The smallest absolute Gasteiger partial charge is 0.234 e. The Balaban J connectivity index is 3.43. The van der Waals surface area contributed by atoms with Crippen molar-refractivity contribution in [3.63, 3.8) is 0 Å². The van der Waals surface area contributed by atoms with Gasteiger partial charge in [-0.1, -0.05) is 0 Å². The largest absolute Gasteiger partial charge is 0.383 e. The maximum absolute atomic E-state index is 11.2. The second kappa shape index (κ2) is 9.11. The maximum Gasteiger partial charge on any atom is 0.234 e. The number of amides is 2. The monoisotopic (exact) mass is 231 g/mol.